The number of piperidine rings is 1. The predicted molar refractivity (Wildman–Crippen MR) is 147 cm³/mol. The topological polar surface area (TPSA) is 92.0 Å². The van der Waals surface area contributed by atoms with Crippen LogP contribution in [0.25, 0.3) is 15.9 Å². The van der Waals surface area contributed by atoms with E-state index < -0.39 is 0 Å². The van der Waals surface area contributed by atoms with Crippen molar-refractivity contribution in [3.8, 4) is 0 Å². The minimum Gasteiger partial charge on any atom is -0.371 e. The smallest absolute Gasteiger partial charge is 0.229 e. The molecule has 0 unspecified atom stereocenters. The van der Waals surface area contributed by atoms with Gasteiger partial charge in [-0.3, -0.25) is 0 Å². The lowest BCUT2D eigenvalue weighted by Gasteiger charge is -2.35. The second-order valence-electron chi connectivity index (χ2n) is 8.59. The number of nitrogens with zero attached hydrogens (tertiary/aromatic N) is 4. The lowest BCUT2D eigenvalue weighted by Crippen LogP contribution is -2.34. The normalized spacial score (nSPS) is 14.9. The van der Waals surface area contributed by atoms with Gasteiger partial charge in [0, 0.05) is 30.2 Å². The van der Waals surface area contributed by atoms with Crippen LogP contribution in [0.1, 0.15) is 25.3 Å². The predicted octanol–water partition coefficient (Wildman–Crippen LogP) is 6.26. The average molecular weight is 506 g/mol. The van der Waals surface area contributed by atoms with E-state index in [4.69, 9.17) is 17.3 Å². The van der Waals surface area contributed by atoms with Crippen LogP contribution in [0.15, 0.2) is 60.2 Å². The number of allylic oxidation sites excluding steroid dienone is 1. The number of rotatable bonds is 7. The zero-order valence-electron chi connectivity index (χ0n) is 19.5. The molecule has 180 valence electrons. The van der Waals surface area contributed by atoms with Gasteiger partial charge in [0.05, 0.1) is 21.9 Å². The van der Waals surface area contributed by atoms with Crippen molar-refractivity contribution in [3.63, 3.8) is 0 Å². The third kappa shape index (κ3) is 5.40. The molecular formula is C26H28ClN7S. The Hall–Kier alpha value is -3.20. The average Bonchev–Trinajstić information content (AvgIpc) is 3.36. The van der Waals surface area contributed by atoms with Crippen molar-refractivity contribution >= 4 is 62.0 Å². The fourth-order valence-electron chi connectivity index (χ4n) is 4.38. The number of nitrogens with one attached hydrogen (secondary N) is 2. The fourth-order valence-corrected chi connectivity index (χ4v) is 5.23. The van der Waals surface area contributed by atoms with Crippen molar-refractivity contribution in [2.24, 2.45) is 11.7 Å². The molecule has 5 rings (SSSR count). The molecular weight excluding hydrogens is 478 g/mol. The molecule has 3 heterocycles. The Labute approximate surface area is 214 Å². The van der Waals surface area contributed by atoms with E-state index in [0.29, 0.717) is 22.7 Å². The Morgan fingerprint density at radius 3 is 2.63 bits per heavy atom. The van der Waals surface area contributed by atoms with Crippen LogP contribution in [0.4, 0.5) is 23.1 Å². The van der Waals surface area contributed by atoms with E-state index in [-0.39, 0.29) is 0 Å². The summed E-state index contributed by atoms with van der Waals surface area (Å²) < 4.78 is 1.10. The molecule has 1 aliphatic rings. The van der Waals surface area contributed by atoms with Crippen LogP contribution in [0.5, 0.6) is 0 Å². The zero-order chi connectivity index (χ0) is 24.2. The molecule has 7 nitrogen and oxygen atoms in total. The van der Waals surface area contributed by atoms with Crippen LogP contribution in [-0.2, 0) is 0 Å². The number of benzene rings is 2. The SMILES string of the molecule is CC=C(c1ccc(Nc2ncc(Cl)c(Nc3ccc4ncsc4c3)n2)cc1)N1CCC(CN)CC1. The minimum atomic E-state index is 0.450. The first-order valence-electron chi connectivity index (χ1n) is 11.7. The van der Waals surface area contributed by atoms with Gasteiger partial charge in [-0.1, -0.05) is 29.8 Å². The van der Waals surface area contributed by atoms with Crippen LogP contribution in [0.3, 0.4) is 0 Å². The molecule has 1 saturated heterocycles. The number of halogens is 1. The Morgan fingerprint density at radius 2 is 1.89 bits per heavy atom. The van der Waals surface area contributed by atoms with Gasteiger partial charge in [-0.05, 0) is 68.1 Å². The van der Waals surface area contributed by atoms with Crippen molar-refractivity contribution < 1.29 is 0 Å². The van der Waals surface area contributed by atoms with Crippen molar-refractivity contribution in [1.29, 1.82) is 0 Å². The van der Waals surface area contributed by atoms with Crippen LogP contribution < -0.4 is 16.4 Å². The van der Waals surface area contributed by atoms with Gasteiger partial charge in [-0.15, -0.1) is 11.3 Å². The number of fused-ring (bicyclic) bond motifs is 1. The largest absolute Gasteiger partial charge is 0.371 e. The summed E-state index contributed by atoms with van der Waals surface area (Å²) in [6.45, 7) is 4.97. The lowest BCUT2D eigenvalue weighted by molar-refractivity contribution is 0.259. The molecule has 0 radical (unpaired) electrons. The van der Waals surface area contributed by atoms with Crippen LogP contribution in [0.2, 0.25) is 5.02 Å². The Bertz CT molecular complexity index is 1330. The molecule has 1 aliphatic heterocycles. The van der Waals surface area contributed by atoms with Gasteiger partial charge < -0.3 is 21.3 Å². The van der Waals surface area contributed by atoms with Crippen LogP contribution in [0, 0.1) is 5.92 Å². The summed E-state index contributed by atoms with van der Waals surface area (Å²) in [5, 5.41) is 7.03. The monoisotopic (exact) mass is 505 g/mol. The molecule has 2 aromatic carbocycles. The van der Waals surface area contributed by atoms with Gasteiger partial charge in [-0.2, -0.15) is 4.98 Å². The van der Waals surface area contributed by atoms with Gasteiger partial charge in [0.15, 0.2) is 5.82 Å². The quantitative estimate of drug-likeness (QED) is 0.273. The summed E-state index contributed by atoms with van der Waals surface area (Å²) in [5.74, 6) is 1.66. The van der Waals surface area contributed by atoms with Gasteiger partial charge in [0.1, 0.15) is 5.02 Å². The summed E-state index contributed by atoms with van der Waals surface area (Å²) in [5.41, 5.74) is 12.9. The number of anilines is 4. The van der Waals surface area contributed by atoms with E-state index in [9.17, 15) is 0 Å². The standard InChI is InChI=1S/C26H28ClN7S/c1-2-23(34-11-9-17(14-28)10-12-34)18-3-5-19(6-4-18)32-26-29-15-21(27)25(33-26)31-20-7-8-22-24(13-20)35-16-30-22/h2-8,13,15-17H,9-12,14,28H2,1H3,(H2,29,31,32,33). The third-order valence-corrected chi connectivity index (χ3v) is 7.41. The Morgan fingerprint density at radius 1 is 1.11 bits per heavy atom. The maximum Gasteiger partial charge on any atom is 0.229 e. The van der Waals surface area contributed by atoms with Gasteiger partial charge in [-0.25, -0.2) is 9.97 Å². The number of likely N-dealkylation sites (tertiary alicyclic amines) is 1. The molecule has 9 heteroatoms. The van der Waals surface area contributed by atoms with Crippen LogP contribution >= 0.6 is 22.9 Å². The van der Waals surface area contributed by atoms with E-state index in [2.05, 4.69) is 55.6 Å². The summed E-state index contributed by atoms with van der Waals surface area (Å²) in [4.78, 5) is 15.7. The molecule has 2 aromatic heterocycles. The van der Waals surface area contributed by atoms with Crippen molar-refractivity contribution in [3.05, 3.63) is 70.8 Å². The molecule has 4 N–H and O–H groups in total. The molecule has 0 atom stereocenters. The van der Waals surface area contributed by atoms with Crippen molar-refractivity contribution in [2.75, 3.05) is 30.3 Å². The van der Waals surface area contributed by atoms with Crippen LogP contribution in [-0.4, -0.2) is 39.5 Å². The second kappa shape index (κ2) is 10.6. The van der Waals surface area contributed by atoms with Gasteiger partial charge in [0.25, 0.3) is 0 Å². The van der Waals surface area contributed by atoms with E-state index in [1.165, 1.54) is 11.3 Å². The van der Waals surface area contributed by atoms with Gasteiger partial charge in [0.2, 0.25) is 5.95 Å². The van der Waals surface area contributed by atoms with E-state index >= 15 is 0 Å². The van der Waals surface area contributed by atoms with Crippen molar-refractivity contribution in [2.45, 2.75) is 19.8 Å². The molecule has 4 aromatic rings. The maximum absolute atomic E-state index is 6.37. The van der Waals surface area contributed by atoms with Gasteiger partial charge >= 0.3 is 0 Å². The number of thiazole rings is 1. The Balaban J connectivity index is 1.27. The number of hydrogen-bond acceptors (Lipinski definition) is 8. The Kier molecular flexibility index (Phi) is 7.13. The first-order valence-corrected chi connectivity index (χ1v) is 13.0. The highest BCUT2D eigenvalue weighted by atomic mass is 35.5. The molecule has 0 bridgehead atoms. The maximum atomic E-state index is 6.37. The number of aromatic nitrogens is 3. The molecule has 0 saturated carbocycles. The summed E-state index contributed by atoms with van der Waals surface area (Å²) in [6.07, 6.45) is 6.09. The third-order valence-electron chi connectivity index (χ3n) is 6.34. The van der Waals surface area contributed by atoms with E-state index in [1.54, 1.807) is 17.5 Å². The molecule has 0 amide bonds. The molecule has 0 spiro atoms. The fraction of sp³-hybridized carbons (Fsp3) is 0.269. The van der Waals surface area contributed by atoms with E-state index in [1.807, 2.05) is 35.8 Å². The molecule has 1 fully saturated rings. The number of nitrogens with two attached hydrogens (primary N) is 1. The summed E-state index contributed by atoms with van der Waals surface area (Å²) in [7, 11) is 0. The first-order chi connectivity index (χ1) is 17.1. The highest BCUT2D eigenvalue weighted by Crippen LogP contribution is 2.29. The lowest BCUT2D eigenvalue weighted by atomic mass is 9.96. The second-order valence-corrected chi connectivity index (χ2v) is 9.89. The summed E-state index contributed by atoms with van der Waals surface area (Å²) in [6, 6.07) is 14.3. The minimum absolute atomic E-state index is 0.450. The number of hydrogen-bond donors (Lipinski definition) is 3. The first kappa shape index (κ1) is 23.5. The zero-order valence-corrected chi connectivity index (χ0v) is 21.1. The highest BCUT2D eigenvalue weighted by Gasteiger charge is 2.20. The molecule has 35 heavy (non-hydrogen) atoms. The highest BCUT2D eigenvalue weighted by molar-refractivity contribution is 7.16. The summed E-state index contributed by atoms with van der Waals surface area (Å²) >= 11 is 7.96. The van der Waals surface area contributed by atoms with Crippen molar-refractivity contribution in [1.82, 2.24) is 19.9 Å². The molecule has 0 aliphatic carbocycles. The van der Waals surface area contributed by atoms with E-state index in [0.717, 1.165) is 54.1 Å².